The molecule has 0 saturated carbocycles. The molecule has 0 atom stereocenters. The van der Waals surface area contributed by atoms with Crippen molar-refractivity contribution in [1.29, 1.82) is 0 Å². The quantitative estimate of drug-likeness (QED) is 0.225. The zero-order valence-electron chi connectivity index (χ0n) is 21.3. The Morgan fingerprint density at radius 2 is 0.579 bits per heavy atom. The molecule has 6 aromatic rings. The zero-order chi connectivity index (χ0) is 26.0. The van der Waals surface area contributed by atoms with Gasteiger partial charge in [-0.05, 0) is 68.5 Å². The molecule has 0 aliphatic rings. The van der Waals surface area contributed by atoms with Gasteiger partial charge in [0, 0.05) is 0 Å². The van der Waals surface area contributed by atoms with E-state index in [9.17, 15) is 0 Å². The third-order valence-corrected chi connectivity index (χ3v) is 14.5. The molecule has 0 saturated heterocycles. The molecule has 0 spiro atoms. The van der Waals surface area contributed by atoms with Gasteiger partial charge in [-0.2, -0.15) is 0 Å². The lowest BCUT2D eigenvalue weighted by Gasteiger charge is -2.28. The van der Waals surface area contributed by atoms with Crippen molar-refractivity contribution in [2.24, 2.45) is 0 Å². The highest BCUT2D eigenvalue weighted by molar-refractivity contribution is 7.94. The van der Waals surface area contributed by atoms with Crippen molar-refractivity contribution in [1.82, 2.24) is 0 Å². The molecule has 0 heterocycles. The van der Waals surface area contributed by atoms with Crippen LogP contribution in [0.5, 0.6) is 0 Å². The molecule has 0 fully saturated rings. The van der Waals surface area contributed by atoms with E-state index in [0.717, 1.165) is 0 Å². The molecular weight excluding hydrogens is 494 g/mol. The van der Waals surface area contributed by atoms with E-state index >= 15 is 0 Å². The Morgan fingerprint density at radius 1 is 0.289 bits per heavy atom. The molecule has 38 heavy (non-hydrogen) atoms. The van der Waals surface area contributed by atoms with Crippen molar-refractivity contribution >= 4 is 69.0 Å². The second-order valence-electron chi connectivity index (χ2n) is 9.68. The fourth-order valence-corrected chi connectivity index (χ4v) is 11.2. The lowest BCUT2D eigenvalue weighted by molar-refractivity contribution is 1.74. The Morgan fingerprint density at radius 3 is 0.868 bits per heavy atom. The van der Waals surface area contributed by atoms with Gasteiger partial charge < -0.3 is 0 Å². The number of rotatable bonds is 6. The average molecular weight is 525 g/mol. The maximum atomic E-state index is 4.96. The largest absolute Gasteiger partial charge is 0.0887 e. The van der Waals surface area contributed by atoms with Crippen LogP contribution in [0.15, 0.2) is 158 Å². The third-order valence-electron chi connectivity index (χ3n) is 7.48. The predicted octanol–water partition coefficient (Wildman–Crippen LogP) is 6.29. The molecule has 0 aromatic heterocycles. The van der Waals surface area contributed by atoms with Crippen LogP contribution in [0, 0.1) is 0 Å². The summed E-state index contributed by atoms with van der Waals surface area (Å²) in [5.41, 5.74) is 0. The van der Waals surface area contributed by atoms with Gasteiger partial charge in [0.25, 0.3) is 0 Å². The van der Waals surface area contributed by atoms with Crippen LogP contribution in [0.2, 0.25) is 0 Å². The molecule has 0 N–H and O–H groups in total. The zero-order valence-corrected chi connectivity index (χ0v) is 23.1. The van der Waals surface area contributed by atoms with Gasteiger partial charge in [0.2, 0.25) is 0 Å². The first-order valence-corrected chi connectivity index (χ1v) is 16.8. The van der Waals surface area contributed by atoms with E-state index in [1.165, 1.54) is 42.6 Å². The molecule has 0 unspecified atom stereocenters. The van der Waals surface area contributed by atoms with Gasteiger partial charge in [-0.1, -0.05) is 158 Å². The van der Waals surface area contributed by atoms with E-state index in [1.807, 2.05) is 0 Å². The summed E-state index contributed by atoms with van der Waals surface area (Å²) in [5.74, 6) is 0. The molecule has 0 radical (unpaired) electrons. The first-order valence-electron chi connectivity index (χ1n) is 12.8. The molecular formula is C36H30P2. The Bertz CT molecular complexity index is 1570. The average Bonchev–Trinajstić information content (AvgIpc) is 3.01. The van der Waals surface area contributed by atoms with E-state index in [1.54, 1.807) is 0 Å². The molecule has 0 amide bonds. The minimum atomic E-state index is -2.06. The van der Waals surface area contributed by atoms with E-state index in [4.69, 9.17) is 12.6 Å². The fourth-order valence-electron chi connectivity index (χ4n) is 5.32. The Labute approximate surface area is 226 Å². The van der Waals surface area contributed by atoms with Gasteiger partial charge in [-0.3, -0.25) is 0 Å². The van der Waals surface area contributed by atoms with Crippen LogP contribution in [0.25, 0.3) is 10.8 Å². The van der Waals surface area contributed by atoms with Gasteiger partial charge in [0.05, 0.1) is 0 Å². The smallest absolute Gasteiger partial charge is 0.0159 e. The number of fused-ring (bicyclic) bond motifs is 1. The standard InChI is InChI=1S/C36H30P2/c1-37(31-15-7-3-8-16-31,32-17-9-4-10-18-32)35-25-23-29-24-26-36(28-30(29)27-35)38(2,33-19-11-5-12-20-33)34-21-13-6-14-22-34/h3-28H,1-2H2. The van der Waals surface area contributed by atoms with Crippen LogP contribution in [-0.2, 0) is 0 Å². The van der Waals surface area contributed by atoms with Crippen LogP contribution in [0.4, 0.5) is 0 Å². The summed E-state index contributed by atoms with van der Waals surface area (Å²) in [4.78, 5) is 0. The van der Waals surface area contributed by atoms with Gasteiger partial charge in [-0.15, -0.1) is 0 Å². The number of hydrogen-bond donors (Lipinski definition) is 0. The molecule has 6 rings (SSSR count). The van der Waals surface area contributed by atoms with Gasteiger partial charge in [0.1, 0.15) is 0 Å². The summed E-state index contributed by atoms with van der Waals surface area (Å²) in [6.07, 6.45) is 9.92. The molecule has 0 aliphatic carbocycles. The van der Waals surface area contributed by atoms with Crippen molar-refractivity contribution in [2.75, 3.05) is 0 Å². The molecule has 184 valence electrons. The first kappa shape index (κ1) is 24.5. The molecule has 0 bridgehead atoms. The topological polar surface area (TPSA) is 0 Å². The van der Waals surface area contributed by atoms with Crippen LogP contribution in [-0.4, -0.2) is 12.6 Å². The summed E-state index contributed by atoms with van der Waals surface area (Å²) in [5, 5.41) is 10.2. The minimum Gasteiger partial charge on any atom is -0.0887 e. The van der Waals surface area contributed by atoms with Crippen molar-refractivity contribution in [2.45, 2.75) is 0 Å². The summed E-state index contributed by atoms with van der Waals surface area (Å²) in [6.45, 7) is -4.12. The summed E-state index contributed by atoms with van der Waals surface area (Å²) in [7, 11) is 0. The van der Waals surface area contributed by atoms with Crippen LogP contribution in [0.3, 0.4) is 0 Å². The minimum absolute atomic E-state index is 1.23. The second-order valence-corrected chi connectivity index (χ2v) is 16.0. The summed E-state index contributed by atoms with van der Waals surface area (Å²) in [6, 6.07) is 57.0. The van der Waals surface area contributed by atoms with Crippen molar-refractivity contribution in [3.63, 3.8) is 0 Å². The fraction of sp³-hybridized carbons (Fsp3) is 0. The number of hydrogen-bond acceptors (Lipinski definition) is 0. The highest BCUT2D eigenvalue weighted by Crippen LogP contribution is 2.44. The number of benzene rings is 6. The SMILES string of the molecule is C=P(c1ccccc1)(c1ccccc1)c1ccc2ccc(P(=C)(c3ccccc3)c3ccccc3)cc2c1. The van der Waals surface area contributed by atoms with Crippen molar-refractivity contribution in [3.05, 3.63) is 158 Å². The van der Waals surface area contributed by atoms with Gasteiger partial charge in [-0.25, -0.2) is 0 Å². The molecule has 0 aliphatic heterocycles. The van der Waals surface area contributed by atoms with E-state index in [0.29, 0.717) is 0 Å². The Kier molecular flexibility index (Phi) is 6.55. The van der Waals surface area contributed by atoms with Crippen LogP contribution in [0.1, 0.15) is 0 Å². The van der Waals surface area contributed by atoms with E-state index in [-0.39, 0.29) is 0 Å². The van der Waals surface area contributed by atoms with Gasteiger partial charge >= 0.3 is 0 Å². The summed E-state index contributed by atoms with van der Waals surface area (Å²) >= 11 is 0. The first-order chi connectivity index (χ1) is 18.6. The normalized spacial score (nSPS) is 11.9. The lowest BCUT2D eigenvalue weighted by Crippen LogP contribution is -2.26. The van der Waals surface area contributed by atoms with E-state index < -0.39 is 13.8 Å². The lowest BCUT2D eigenvalue weighted by atomic mass is 10.1. The molecule has 0 nitrogen and oxygen atoms in total. The second kappa shape index (κ2) is 10.2. The third kappa shape index (κ3) is 4.21. The van der Waals surface area contributed by atoms with Crippen LogP contribution >= 0.6 is 13.8 Å². The Hall–Kier alpha value is -3.82. The molecule has 2 heteroatoms. The summed E-state index contributed by atoms with van der Waals surface area (Å²) < 4.78 is 0. The van der Waals surface area contributed by atoms with Crippen molar-refractivity contribution in [3.8, 4) is 0 Å². The predicted molar refractivity (Wildman–Crippen MR) is 176 cm³/mol. The molecule has 6 aromatic carbocycles. The monoisotopic (exact) mass is 524 g/mol. The van der Waals surface area contributed by atoms with E-state index in [2.05, 4.69) is 158 Å². The highest BCUT2D eigenvalue weighted by atomic mass is 31.2. The van der Waals surface area contributed by atoms with Gasteiger partial charge in [0.15, 0.2) is 0 Å². The maximum Gasteiger partial charge on any atom is -0.0159 e. The highest BCUT2D eigenvalue weighted by Gasteiger charge is 2.24. The van der Waals surface area contributed by atoms with Crippen LogP contribution < -0.4 is 31.8 Å². The van der Waals surface area contributed by atoms with Crippen molar-refractivity contribution < 1.29 is 0 Å². The maximum absolute atomic E-state index is 4.96. The Balaban J connectivity index is 1.57.